The van der Waals surface area contributed by atoms with Crippen molar-refractivity contribution in [1.29, 1.82) is 0 Å². The van der Waals surface area contributed by atoms with Crippen molar-refractivity contribution in [1.82, 2.24) is 9.80 Å². The Kier molecular flexibility index (Phi) is 3.91. The third kappa shape index (κ3) is 2.66. The van der Waals surface area contributed by atoms with Crippen LogP contribution in [-0.2, 0) is 0 Å². The fraction of sp³-hybridized carbons (Fsp3) is 0.909. The summed E-state index contributed by atoms with van der Waals surface area (Å²) in [5, 5.41) is 0. The van der Waals surface area contributed by atoms with Crippen LogP contribution < -0.4 is 0 Å². The molecule has 0 atom stereocenters. The van der Waals surface area contributed by atoms with Crippen LogP contribution in [0.25, 0.3) is 0 Å². The van der Waals surface area contributed by atoms with Gasteiger partial charge < -0.3 is 4.90 Å². The van der Waals surface area contributed by atoms with E-state index in [1.165, 1.54) is 25.7 Å². The number of hydrogen-bond donors (Lipinski definition) is 0. The van der Waals surface area contributed by atoms with E-state index in [0.29, 0.717) is 6.04 Å². The molecule has 0 amide bonds. The lowest BCUT2D eigenvalue weighted by Gasteiger charge is -2.41. The summed E-state index contributed by atoms with van der Waals surface area (Å²) in [7, 11) is 0. The molecular weight excluding hydrogens is 224 g/mol. The van der Waals surface area contributed by atoms with Crippen LogP contribution in [0, 0.1) is 0 Å². The molecular formula is C11H20N2S2. The largest absolute Gasteiger partial charge is 0.342 e. The lowest BCUT2D eigenvalue weighted by molar-refractivity contribution is 0.142. The first-order valence-electron chi connectivity index (χ1n) is 5.86. The molecule has 0 aromatic carbocycles. The Balaban J connectivity index is 1.95. The minimum Gasteiger partial charge on any atom is -0.342 e. The molecule has 0 aromatic rings. The molecule has 1 aliphatic heterocycles. The van der Waals surface area contributed by atoms with Gasteiger partial charge in [-0.15, -0.1) is 0 Å². The summed E-state index contributed by atoms with van der Waals surface area (Å²) in [6.07, 6.45) is 5.61. The summed E-state index contributed by atoms with van der Waals surface area (Å²) < 4.78 is 1.08. The van der Waals surface area contributed by atoms with Crippen molar-refractivity contribution in [2.75, 3.05) is 12.5 Å². The van der Waals surface area contributed by atoms with E-state index in [-0.39, 0.29) is 0 Å². The van der Waals surface area contributed by atoms with E-state index >= 15 is 0 Å². The minimum atomic E-state index is 0.536. The van der Waals surface area contributed by atoms with Gasteiger partial charge in [-0.2, -0.15) is 0 Å². The van der Waals surface area contributed by atoms with E-state index in [9.17, 15) is 0 Å². The van der Waals surface area contributed by atoms with Gasteiger partial charge in [-0.3, -0.25) is 4.90 Å². The van der Waals surface area contributed by atoms with Gasteiger partial charge in [0.25, 0.3) is 0 Å². The molecule has 0 spiro atoms. The van der Waals surface area contributed by atoms with Crippen LogP contribution in [0.5, 0.6) is 0 Å². The zero-order chi connectivity index (χ0) is 10.8. The molecule has 1 saturated heterocycles. The highest BCUT2D eigenvalue weighted by molar-refractivity contribution is 8.22. The average molecular weight is 244 g/mol. The second-order valence-electron chi connectivity index (χ2n) is 4.77. The van der Waals surface area contributed by atoms with Crippen molar-refractivity contribution in [3.8, 4) is 0 Å². The Hall–Kier alpha value is 0.200. The molecule has 2 nitrogen and oxygen atoms in total. The molecule has 15 heavy (non-hydrogen) atoms. The molecule has 2 rings (SSSR count). The van der Waals surface area contributed by atoms with Crippen LogP contribution in [0.15, 0.2) is 0 Å². The van der Waals surface area contributed by atoms with Crippen LogP contribution in [0.1, 0.15) is 39.5 Å². The van der Waals surface area contributed by atoms with E-state index in [4.69, 9.17) is 12.2 Å². The zero-order valence-electron chi connectivity index (χ0n) is 9.61. The van der Waals surface area contributed by atoms with Gasteiger partial charge >= 0.3 is 0 Å². The molecule has 0 unspecified atom stereocenters. The van der Waals surface area contributed by atoms with Crippen molar-refractivity contribution in [2.45, 2.75) is 51.6 Å². The zero-order valence-corrected chi connectivity index (χ0v) is 11.2. The fourth-order valence-electron chi connectivity index (χ4n) is 2.38. The SMILES string of the molecule is CC(C)N1CN(C2CCCC2)CSC1=S. The van der Waals surface area contributed by atoms with Crippen molar-refractivity contribution in [2.24, 2.45) is 0 Å². The molecule has 4 heteroatoms. The number of hydrogen-bond acceptors (Lipinski definition) is 3. The molecule has 0 bridgehead atoms. The standard InChI is InChI=1S/C11H20N2S2/c1-9(2)13-7-12(8-15-11(13)14)10-5-3-4-6-10/h9-10H,3-8H2,1-2H3. The van der Waals surface area contributed by atoms with Gasteiger partial charge in [0.05, 0.1) is 12.5 Å². The van der Waals surface area contributed by atoms with Crippen LogP contribution in [-0.4, -0.2) is 38.7 Å². The van der Waals surface area contributed by atoms with Crippen LogP contribution in [0.2, 0.25) is 0 Å². The summed E-state index contributed by atoms with van der Waals surface area (Å²) in [4.78, 5) is 4.95. The Labute approximate surface area is 102 Å². The second kappa shape index (κ2) is 5.02. The molecule has 1 aliphatic carbocycles. The molecule has 2 aliphatic rings. The average Bonchev–Trinajstić information content (AvgIpc) is 2.71. The van der Waals surface area contributed by atoms with Gasteiger partial charge in [0, 0.05) is 12.1 Å². The number of thioether (sulfide) groups is 1. The van der Waals surface area contributed by atoms with Crippen molar-refractivity contribution in [3.63, 3.8) is 0 Å². The number of nitrogens with zero attached hydrogens (tertiary/aromatic N) is 2. The molecule has 0 radical (unpaired) electrons. The highest BCUT2D eigenvalue weighted by Gasteiger charge is 2.29. The van der Waals surface area contributed by atoms with Crippen LogP contribution in [0.4, 0.5) is 0 Å². The van der Waals surface area contributed by atoms with E-state index < -0.39 is 0 Å². The molecule has 2 fully saturated rings. The smallest absolute Gasteiger partial charge is 0.138 e. The summed E-state index contributed by atoms with van der Waals surface area (Å²) in [6, 6.07) is 1.36. The first-order valence-corrected chi connectivity index (χ1v) is 7.25. The summed E-state index contributed by atoms with van der Waals surface area (Å²) in [6.45, 7) is 5.50. The first kappa shape index (κ1) is 11.7. The number of rotatable bonds is 2. The Morgan fingerprint density at radius 3 is 2.60 bits per heavy atom. The monoisotopic (exact) mass is 244 g/mol. The van der Waals surface area contributed by atoms with Gasteiger partial charge in [0.15, 0.2) is 0 Å². The van der Waals surface area contributed by atoms with E-state index in [1.54, 1.807) is 0 Å². The normalized spacial score (nSPS) is 25.5. The summed E-state index contributed by atoms with van der Waals surface area (Å²) in [5.74, 6) is 1.10. The van der Waals surface area contributed by atoms with Gasteiger partial charge in [0.2, 0.25) is 0 Å². The van der Waals surface area contributed by atoms with Crippen molar-refractivity contribution < 1.29 is 0 Å². The Morgan fingerprint density at radius 1 is 1.33 bits per heavy atom. The Morgan fingerprint density at radius 2 is 2.00 bits per heavy atom. The maximum Gasteiger partial charge on any atom is 0.138 e. The van der Waals surface area contributed by atoms with E-state index in [0.717, 1.165) is 22.9 Å². The molecule has 86 valence electrons. The van der Waals surface area contributed by atoms with Gasteiger partial charge in [-0.05, 0) is 26.7 Å². The van der Waals surface area contributed by atoms with Crippen LogP contribution >= 0.6 is 24.0 Å². The summed E-state index contributed by atoms with van der Waals surface area (Å²) in [5.41, 5.74) is 0. The third-order valence-corrected chi connectivity index (χ3v) is 4.92. The maximum atomic E-state index is 5.39. The lowest BCUT2D eigenvalue weighted by Crippen LogP contribution is -2.50. The highest BCUT2D eigenvalue weighted by atomic mass is 32.2. The van der Waals surface area contributed by atoms with Crippen molar-refractivity contribution >= 4 is 28.3 Å². The predicted molar refractivity (Wildman–Crippen MR) is 71.0 cm³/mol. The molecule has 0 aromatic heterocycles. The predicted octanol–water partition coefficient (Wildman–Crippen LogP) is 2.89. The van der Waals surface area contributed by atoms with Gasteiger partial charge in [-0.25, -0.2) is 0 Å². The highest BCUT2D eigenvalue weighted by Crippen LogP contribution is 2.29. The van der Waals surface area contributed by atoms with E-state index in [2.05, 4.69) is 23.6 Å². The van der Waals surface area contributed by atoms with Crippen molar-refractivity contribution in [3.05, 3.63) is 0 Å². The van der Waals surface area contributed by atoms with Gasteiger partial charge in [-0.1, -0.05) is 36.8 Å². The molecule has 1 heterocycles. The summed E-state index contributed by atoms with van der Waals surface area (Å²) >= 11 is 7.23. The fourth-order valence-corrected chi connectivity index (χ4v) is 3.81. The Bertz CT molecular complexity index is 237. The van der Waals surface area contributed by atoms with Crippen LogP contribution in [0.3, 0.4) is 0 Å². The number of thiocarbonyl (C=S) groups is 1. The third-order valence-electron chi connectivity index (χ3n) is 3.39. The maximum absolute atomic E-state index is 5.39. The molecule has 0 N–H and O–H groups in total. The molecule has 1 saturated carbocycles. The quantitative estimate of drug-likeness (QED) is 0.689. The first-order chi connectivity index (χ1) is 7.18. The minimum absolute atomic E-state index is 0.536. The topological polar surface area (TPSA) is 6.48 Å². The lowest BCUT2D eigenvalue weighted by atomic mass is 10.2. The van der Waals surface area contributed by atoms with Gasteiger partial charge in [0.1, 0.15) is 4.32 Å². The second-order valence-corrected chi connectivity index (χ2v) is 6.35. The van der Waals surface area contributed by atoms with E-state index in [1.807, 2.05) is 11.8 Å².